The molecule has 1 aromatic carbocycles. The molecule has 2 aromatic rings. The monoisotopic (exact) mass is 242 g/mol. The fourth-order valence-corrected chi connectivity index (χ4v) is 2.14. The Morgan fingerprint density at radius 2 is 1.83 bits per heavy atom. The molecule has 2 unspecified atom stereocenters. The summed E-state index contributed by atoms with van der Waals surface area (Å²) in [5, 5.41) is 13.3. The molecule has 0 fully saturated rings. The van der Waals surface area contributed by atoms with Crippen LogP contribution in [0.1, 0.15) is 17.2 Å². The minimum absolute atomic E-state index is 0.0974. The van der Waals surface area contributed by atoms with Gasteiger partial charge >= 0.3 is 0 Å². The molecule has 0 spiro atoms. The van der Waals surface area contributed by atoms with E-state index >= 15 is 0 Å². The first kappa shape index (κ1) is 12.7. The van der Waals surface area contributed by atoms with Crippen LogP contribution < -0.4 is 5.32 Å². The van der Waals surface area contributed by atoms with E-state index in [-0.39, 0.29) is 5.92 Å². The minimum Gasteiger partial charge on any atom is -0.391 e. The number of benzene rings is 1. The molecule has 0 aliphatic carbocycles. The molecule has 0 amide bonds. The molecule has 0 aliphatic heterocycles. The van der Waals surface area contributed by atoms with Gasteiger partial charge in [0.25, 0.3) is 0 Å². The summed E-state index contributed by atoms with van der Waals surface area (Å²) < 4.78 is 0. The molecule has 1 heterocycles. The zero-order chi connectivity index (χ0) is 12.8. The van der Waals surface area contributed by atoms with E-state index in [0.717, 1.165) is 11.3 Å². The molecule has 18 heavy (non-hydrogen) atoms. The molecule has 3 heteroatoms. The third-order valence-electron chi connectivity index (χ3n) is 2.96. The Morgan fingerprint density at radius 1 is 1.11 bits per heavy atom. The van der Waals surface area contributed by atoms with Crippen molar-refractivity contribution in [2.75, 3.05) is 13.6 Å². The number of nitrogens with one attached hydrogen (secondary N) is 1. The number of aromatic nitrogens is 1. The quantitative estimate of drug-likeness (QED) is 0.840. The van der Waals surface area contributed by atoms with Crippen LogP contribution in [0, 0.1) is 0 Å². The lowest BCUT2D eigenvalue weighted by Crippen LogP contribution is -2.30. The number of aliphatic hydroxyl groups is 1. The first-order chi connectivity index (χ1) is 8.83. The molecule has 2 atom stereocenters. The van der Waals surface area contributed by atoms with E-state index < -0.39 is 6.10 Å². The van der Waals surface area contributed by atoms with E-state index in [9.17, 15) is 5.11 Å². The molecule has 0 aliphatic rings. The molecule has 1 aromatic heterocycles. The first-order valence-electron chi connectivity index (χ1n) is 6.11. The lowest BCUT2D eigenvalue weighted by atomic mass is 9.90. The predicted molar refractivity (Wildman–Crippen MR) is 72.5 cm³/mol. The zero-order valence-electron chi connectivity index (χ0n) is 10.5. The normalized spacial score (nSPS) is 14.1. The van der Waals surface area contributed by atoms with Gasteiger partial charge in [-0.2, -0.15) is 0 Å². The van der Waals surface area contributed by atoms with Crippen molar-refractivity contribution in [2.24, 2.45) is 0 Å². The highest BCUT2D eigenvalue weighted by Gasteiger charge is 2.23. The summed E-state index contributed by atoms with van der Waals surface area (Å²) in [6.07, 6.45) is 1.27. The van der Waals surface area contributed by atoms with Gasteiger partial charge in [0.1, 0.15) is 0 Å². The molecular formula is C15H18N2O. The van der Waals surface area contributed by atoms with E-state index in [1.54, 1.807) is 6.20 Å². The number of hydrogen-bond donors (Lipinski definition) is 2. The van der Waals surface area contributed by atoms with Gasteiger partial charge in [-0.15, -0.1) is 0 Å². The van der Waals surface area contributed by atoms with Crippen LogP contribution in [0.25, 0.3) is 0 Å². The molecule has 2 N–H and O–H groups in total. The molecule has 0 radical (unpaired) electrons. The smallest absolute Gasteiger partial charge is 0.0788 e. The van der Waals surface area contributed by atoms with Crippen LogP contribution in [-0.2, 0) is 0 Å². The summed E-state index contributed by atoms with van der Waals surface area (Å²) in [6, 6.07) is 15.8. The van der Waals surface area contributed by atoms with Crippen LogP contribution in [0.5, 0.6) is 0 Å². The third kappa shape index (κ3) is 2.94. The third-order valence-corrected chi connectivity index (χ3v) is 2.96. The summed E-state index contributed by atoms with van der Waals surface area (Å²) >= 11 is 0. The van der Waals surface area contributed by atoms with Crippen LogP contribution in [0.15, 0.2) is 54.7 Å². The highest BCUT2D eigenvalue weighted by atomic mass is 16.3. The van der Waals surface area contributed by atoms with Gasteiger partial charge in [0, 0.05) is 12.7 Å². The largest absolute Gasteiger partial charge is 0.391 e. The van der Waals surface area contributed by atoms with Gasteiger partial charge in [-0.05, 0) is 24.7 Å². The van der Waals surface area contributed by atoms with Gasteiger partial charge in [-0.25, -0.2) is 0 Å². The SMILES string of the molecule is CNCC(O)C(c1ccccc1)c1ccccn1. The molecule has 0 bridgehead atoms. The van der Waals surface area contributed by atoms with Crippen molar-refractivity contribution < 1.29 is 5.11 Å². The average molecular weight is 242 g/mol. The highest BCUT2D eigenvalue weighted by Crippen LogP contribution is 2.26. The fourth-order valence-electron chi connectivity index (χ4n) is 2.14. The van der Waals surface area contributed by atoms with Gasteiger partial charge in [0.05, 0.1) is 17.7 Å². The lowest BCUT2D eigenvalue weighted by molar-refractivity contribution is 0.155. The average Bonchev–Trinajstić information content (AvgIpc) is 2.42. The Hall–Kier alpha value is -1.71. The number of aliphatic hydroxyl groups excluding tert-OH is 1. The summed E-state index contributed by atoms with van der Waals surface area (Å²) in [7, 11) is 1.84. The molecule has 0 saturated heterocycles. The van der Waals surface area contributed by atoms with Crippen LogP contribution in [-0.4, -0.2) is 29.8 Å². The Bertz CT molecular complexity index is 419. The van der Waals surface area contributed by atoms with E-state index in [0.29, 0.717) is 6.54 Å². The van der Waals surface area contributed by atoms with Crippen LogP contribution in [0.2, 0.25) is 0 Å². The van der Waals surface area contributed by atoms with Gasteiger partial charge in [-0.1, -0.05) is 36.4 Å². The fraction of sp³-hybridized carbons (Fsp3) is 0.267. The maximum Gasteiger partial charge on any atom is 0.0788 e. The number of hydrogen-bond acceptors (Lipinski definition) is 3. The zero-order valence-corrected chi connectivity index (χ0v) is 10.5. The van der Waals surface area contributed by atoms with Crippen molar-refractivity contribution in [2.45, 2.75) is 12.0 Å². The summed E-state index contributed by atoms with van der Waals surface area (Å²) in [5.74, 6) is -0.0974. The molecule has 94 valence electrons. The van der Waals surface area contributed by atoms with E-state index in [1.807, 2.05) is 55.6 Å². The van der Waals surface area contributed by atoms with E-state index in [4.69, 9.17) is 0 Å². The summed E-state index contributed by atoms with van der Waals surface area (Å²) in [4.78, 5) is 4.37. The number of nitrogens with zero attached hydrogens (tertiary/aromatic N) is 1. The van der Waals surface area contributed by atoms with Crippen molar-refractivity contribution in [3.63, 3.8) is 0 Å². The summed E-state index contributed by atoms with van der Waals surface area (Å²) in [5.41, 5.74) is 1.98. The van der Waals surface area contributed by atoms with Gasteiger partial charge in [0.15, 0.2) is 0 Å². The van der Waals surface area contributed by atoms with Crippen LogP contribution in [0.4, 0.5) is 0 Å². The minimum atomic E-state index is -0.493. The second-order valence-electron chi connectivity index (χ2n) is 4.27. The molecule has 0 saturated carbocycles. The van der Waals surface area contributed by atoms with Crippen molar-refractivity contribution in [1.82, 2.24) is 10.3 Å². The molecular weight excluding hydrogens is 224 g/mol. The standard InChI is InChI=1S/C15H18N2O/c1-16-11-14(18)15(12-7-3-2-4-8-12)13-9-5-6-10-17-13/h2-10,14-16,18H,11H2,1H3. The maximum atomic E-state index is 10.3. The van der Waals surface area contributed by atoms with Gasteiger partial charge < -0.3 is 10.4 Å². The predicted octanol–water partition coefficient (Wildman–Crippen LogP) is 1.79. The second-order valence-corrected chi connectivity index (χ2v) is 4.27. The Kier molecular flexibility index (Phi) is 4.45. The van der Waals surface area contributed by atoms with Crippen LogP contribution >= 0.6 is 0 Å². The summed E-state index contributed by atoms with van der Waals surface area (Å²) in [6.45, 7) is 0.538. The van der Waals surface area contributed by atoms with Gasteiger partial charge in [-0.3, -0.25) is 4.98 Å². The van der Waals surface area contributed by atoms with Crippen LogP contribution in [0.3, 0.4) is 0 Å². The number of likely N-dealkylation sites (N-methyl/N-ethyl adjacent to an activating group) is 1. The Morgan fingerprint density at radius 3 is 2.44 bits per heavy atom. The topological polar surface area (TPSA) is 45.1 Å². The molecule has 3 nitrogen and oxygen atoms in total. The first-order valence-corrected chi connectivity index (χ1v) is 6.11. The number of pyridine rings is 1. The Labute approximate surface area is 108 Å². The van der Waals surface area contributed by atoms with Crippen molar-refractivity contribution in [3.8, 4) is 0 Å². The lowest BCUT2D eigenvalue weighted by Gasteiger charge is -2.22. The van der Waals surface area contributed by atoms with E-state index in [2.05, 4.69) is 10.3 Å². The highest BCUT2D eigenvalue weighted by molar-refractivity contribution is 5.29. The Balaban J connectivity index is 2.35. The maximum absolute atomic E-state index is 10.3. The van der Waals surface area contributed by atoms with E-state index in [1.165, 1.54) is 0 Å². The van der Waals surface area contributed by atoms with Crippen molar-refractivity contribution in [1.29, 1.82) is 0 Å². The van der Waals surface area contributed by atoms with Crippen molar-refractivity contribution in [3.05, 3.63) is 66.0 Å². The molecule has 2 rings (SSSR count). The second kappa shape index (κ2) is 6.28. The number of rotatable bonds is 5. The van der Waals surface area contributed by atoms with Gasteiger partial charge in [0.2, 0.25) is 0 Å². The van der Waals surface area contributed by atoms with Crippen molar-refractivity contribution >= 4 is 0 Å².